The number of benzene rings is 1. The van der Waals surface area contributed by atoms with Crippen LogP contribution in [0.5, 0.6) is 5.75 Å². The second-order valence-electron chi connectivity index (χ2n) is 8.88. The van der Waals surface area contributed by atoms with Crippen LogP contribution in [0.4, 0.5) is 0 Å². The fourth-order valence-corrected chi connectivity index (χ4v) is 7.24. The molecule has 5 rings (SSSR count). The van der Waals surface area contributed by atoms with Crippen molar-refractivity contribution in [1.82, 2.24) is 4.72 Å². The van der Waals surface area contributed by atoms with Gasteiger partial charge in [0.05, 0.1) is 6.10 Å². The molecule has 142 valence electrons. The highest BCUT2D eigenvalue weighted by Gasteiger charge is 2.52. The molecule has 0 amide bonds. The van der Waals surface area contributed by atoms with Crippen molar-refractivity contribution in [1.29, 1.82) is 0 Å². The number of rotatable bonds is 0. The first-order valence-electron chi connectivity index (χ1n) is 9.91. The van der Waals surface area contributed by atoms with Crippen LogP contribution in [-0.2, 0) is 23.3 Å². The zero-order valence-electron chi connectivity index (χ0n) is 15.2. The van der Waals surface area contributed by atoms with E-state index in [0.29, 0.717) is 30.0 Å². The molecule has 5 unspecified atom stereocenters. The standard InChI is InChI=1S/C20H27NO4S/c1-20-10-9-14-12-7-8-18-16(11-21-26(23,24)25-18)13(12)5-6-15(14)17(20)3-2-4-19(20)22/h7-8,14-15,17,19,21-22H,2-6,9-11H2,1H3. The van der Waals surface area contributed by atoms with Crippen LogP contribution in [0.3, 0.4) is 0 Å². The Bertz CT molecular complexity index is 852. The van der Waals surface area contributed by atoms with Gasteiger partial charge >= 0.3 is 10.3 Å². The molecule has 1 aromatic rings. The first-order valence-corrected chi connectivity index (χ1v) is 11.3. The van der Waals surface area contributed by atoms with E-state index >= 15 is 0 Å². The second kappa shape index (κ2) is 5.69. The lowest BCUT2D eigenvalue weighted by molar-refractivity contribution is -0.0976. The van der Waals surface area contributed by atoms with Crippen molar-refractivity contribution in [3.05, 3.63) is 28.8 Å². The number of fused-ring (bicyclic) bond motifs is 7. The minimum Gasteiger partial charge on any atom is -0.393 e. The zero-order valence-corrected chi connectivity index (χ0v) is 16.0. The molecule has 6 heteroatoms. The third-order valence-electron chi connectivity index (χ3n) is 7.81. The number of aliphatic hydroxyl groups excluding tert-OH is 1. The fourth-order valence-electron chi connectivity index (χ4n) is 6.47. The van der Waals surface area contributed by atoms with Crippen LogP contribution in [0.2, 0.25) is 0 Å². The Hall–Kier alpha value is -1.11. The third-order valence-corrected chi connectivity index (χ3v) is 8.70. The van der Waals surface area contributed by atoms with Gasteiger partial charge in [-0.05, 0) is 78.9 Å². The van der Waals surface area contributed by atoms with Gasteiger partial charge in [-0.3, -0.25) is 0 Å². The van der Waals surface area contributed by atoms with Crippen molar-refractivity contribution >= 4 is 10.3 Å². The summed E-state index contributed by atoms with van der Waals surface area (Å²) < 4.78 is 31.0. The van der Waals surface area contributed by atoms with Crippen LogP contribution in [0.25, 0.3) is 0 Å². The lowest BCUT2D eigenvalue weighted by Gasteiger charge is -2.56. The summed E-state index contributed by atoms with van der Waals surface area (Å²) in [5, 5.41) is 10.7. The molecule has 26 heavy (non-hydrogen) atoms. The smallest absolute Gasteiger partial charge is 0.382 e. The van der Waals surface area contributed by atoms with Crippen molar-refractivity contribution < 1.29 is 17.7 Å². The molecular formula is C20H27NO4S. The minimum absolute atomic E-state index is 0.0733. The molecule has 3 aliphatic carbocycles. The lowest BCUT2D eigenvalue weighted by Crippen LogP contribution is -2.51. The first kappa shape index (κ1) is 17.0. The Kier molecular flexibility index (Phi) is 3.73. The molecule has 5 nitrogen and oxygen atoms in total. The third kappa shape index (κ3) is 2.38. The SMILES string of the molecule is CC12CCC3c4ccc5c(c4CCC3C1CCCC2O)CNS(=O)(=O)O5. The van der Waals surface area contributed by atoms with Gasteiger partial charge in [0.25, 0.3) is 0 Å². The van der Waals surface area contributed by atoms with Gasteiger partial charge in [-0.25, -0.2) is 0 Å². The number of nitrogens with one attached hydrogen (secondary N) is 1. The average molecular weight is 378 g/mol. The van der Waals surface area contributed by atoms with Gasteiger partial charge in [-0.1, -0.05) is 19.4 Å². The Morgan fingerprint density at radius 1 is 1.19 bits per heavy atom. The Labute approximate surface area is 155 Å². The summed E-state index contributed by atoms with van der Waals surface area (Å²) in [6.07, 6.45) is 7.48. The van der Waals surface area contributed by atoms with Gasteiger partial charge in [0.2, 0.25) is 0 Å². The molecule has 1 aliphatic heterocycles. The summed E-state index contributed by atoms with van der Waals surface area (Å²) in [7, 11) is -3.65. The molecule has 0 aromatic heterocycles. The molecule has 2 fully saturated rings. The zero-order chi connectivity index (χ0) is 18.1. The summed E-state index contributed by atoms with van der Waals surface area (Å²) in [4.78, 5) is 0. The molecule has 0 radical (unpaired) electrons. The topological polar surface area (TPSA) is 75.6 Å². The van der Waals surface area contributed by atoms with E-state index in [4.69, 9.17) is 4.18 Å². The molecule has 2 saturated carbocycles. The van der Waals surface area contributed by atoms with E-state index in [9.17, 15) is 13.5 Å². The van der Waals surface area contributed by atoms with Gasteiger partial charge in [0, 0.05) is 12.1 Å². The van der Waals surface area contributed by atoms with E-state index in [1.807, 2.05) is 6.07 Å². The van der Waals surface area contributed by atoms with E-state index in [0.717, 1.165) is 44.1 Å². The van der Waals surface area contributed by atoms with Crippen LogP contribution in [0.15, 0.2) is 12.1 Å². The second-order valence-corrected chi connectivity index (χ2v) is 10.2. The lowest BCUT2D eigenvalue weighted by atomic mass is 9.50. The normalized spacial score (nSPS) is 40.4. The quantitative estimate of drug-likeness (QED) is 0.729. The van der Waals surface area contributed by atoms with Crippen molar-refractivity contribution in [2.24, 2.45) is 17.3 Å². The highest BCUT2D eigenvalue weighted by atomic mass is 32.2. The maximum absolute atomic E-state index is 11.7. The van der Waals surface area contributed by atoms with Crippen LogP contribution in [-0.4, -0.2) is 19.6 Å². The summed E-state index contributed by atoms with van der Waals surface area (Å²) in [6, 6.07) is 3.95. The van der Waals surface area contributed by atoms with Gasteiger partial charge in [0.15, 0.2) is 0 Å². The highest BCUT2D eigenvalue weighted by Crippen LogP contribution is 2.60. The summed E-state index contributed by atoms with van der Waals surface area (Å²) >= 11 is 0. The number of hydrogen-bond acceptors (Lipinski definition) is 4. The molecular weight excluding hydrogens is 350 g/mol. The summed E-state index contributed by atoms with van der Waals surface area (Å²) in [5.74, 6) is 2.26. The Balaban J connectivity index is 1.52. The largest absolute Gasteiger partial charge is 0.393 e. The number of aliphatic hydroxyl groups is 1. The predicted octanol–water partition coefficient (Wildman–Crippen LogP) is 3.02. The van der Waals surface area contributed by atoms with E-state index < -0.39 is 10.3 Å². The Morgan fingerprint density at radius 2 is 2.04 bits per heavy atom. The summed E-state index contributed by atoms with van der Waals surface area (Å²) in [5.41, 5.74) is 3.79. The molecule has 0 bridgehead atoms. The van der Waals surface area contributed by atoms with Gasteiger partial charge < -0.3 is 9.29 Å². The Morgan fingerprint density at radius 3 is 2.88 bits per heavy atom. The maximum Gasteiger partial charge on any atom is 0.382 e. The average Bonchev–Trinajstić information content (AvgIpc) is 2.61. The molecule has 0 saturated heterocycles. The van der Waals surface area contributed by atoms with Gasteiger partial charge in [0.1, 0.15) is 5.75 Å². The molecule has 1 aromatic carbocycles. The van der Waals surface area contributed by atoms with E-state index in [1.165, 1.54) is 17.5 Å². The van der Waals surface area contributed by atoms with E-state index in [-0.39, 0.29) is 11.5 Å². The fraction of sp³-hybridized carbons (Fsp3) is 0.700. The maximum atomic E-state index is 11.7. The molecule has 0 spiro atoms. The molecule has 5 atom stereocenters. The van der Waals surface area contributed by atoms with Crippen molar-refractivity contribution in [2.45, 2.75) is 70.4 Å². The van der Waals surface area contributed by atoms with Crippen LogP contribution in [0.1, 0.15) is 68.1 Å². The van der Waals surface area contributed by atoms with Crippen LogP contribution >= 0.6 is 0 Å². The molecule has 1 heterocycles. The predicted molar refractivity (Wildman–Crippen MR) is 98.1 cm³/mol. The van der Waals surface area contributed by atoms with Gasteiger partial charge in [-0.15, -0.1) is 0 Å². The minimum atomic E-state index is -3.65. The van der Waals surface area contributed by atoms with Crippen molar-refractivity contribution in [3.63, 3.8) is 0 Å². The van der Waals surface area contributed by atoms with Crippen molar-refractivity contribution in [3.8, 4) is 5.75 Å². The summed E-state index contributed by atoms with van der Waals surface area (Å²) in [6.45, 7) is 2.64. The first-order chi connectivity index (χ1) is 12.4. The highest BCUT2D eigenvalue weighted by molar-refractivity contribution is 7.85. The van der Waals surface area contributed by atoms with E-state index in [1.54, 1.807) is 0 Å². The van der Waals surface area contributed by atoms with Gasteiger partial charge in [-0.2, -0.15) is 13.1 Å². The molecule has 4 aliphatic rings. The number of hydrogen-bond donors (Lipinski definition) is 2. The monoisotopic (exact) mass is 377 g/mol. The molecule has 2 N–H and O–H groups in total. The van der Waals surface area contributed by atoms with E-state index in [2.05, 4.69) is 17.7 Å². The van der Waals surface area contributed by atoms with Crippen LogP contribution in [0, 0.1) is 17.3 Å². The van der Waals surface area contributed by atoms with Crippen molar-refractivity contribution in [2.75, 3.05) is 0 Å². The van der Waals surface area contributed by atoms with Crippen LogP contribution < -0.4 is 8.91 Å².